The molecule has 0 saturated carbocycles. The molecule has 0 aromatic carbocycles. The molecular weight excluding hydrogens is 204 g/mol. The summed E-state index contributed by atoms with van der Waals surface area (Å²) < 4.78 is 0. The van der Waals surface area contributed by atoms with Crippen molar-refractivity contribution in [1.82, 2.24) is 15.3 Å². The summed E-state index contributed by atoms with van der Waals surface area (Å²) in [4.78, 5) is 10.3. The van der Waals surface area contributed by atoms with E-state index >= 15 is 0 Å². The van der Waals surface area contributed by atoms with Gasteiger partial charge in [-0.15, -0.1) is 0 Å². The van der Waals surface area contributed by atoms with Crippen LogP contribution in [-0.4, -0.2) is 35.6 Å². The maximum atomic E-state index is 5.76. The lowest BCUT2D eigenvalue weighted by Gasteiger charge is -2.49. The normalized spacial score (nSPS) is 18.3. The standard InChI is InChI=1S/C10H18N6/c1-6-7(11)14-9(12)15-8(6)16-4-10(2,5-16)13-3/h13H,4-5H2,1-3H3,(H4,11,12,14,15). The summed E-state index contributed by atoms with van der Waals surface area (Å²) in [6, 6.07) is 0. The second-order valence-corrected chi connectivity index (χ2v) is 4.58. The molecule has 1 fully saturated rings. The van der Waals surface area contributed by atoms with Gasteiger partial charge >= 0.3 is 0 Å². The molecule has 1 aliphatic heterocycles. The molecule has 1 aliphatic rings. The molecule has 0 unspecified atom stereocenters. The van der Waals surface area contributed by atoms with Gasteiger partial charge in [0.25, 0.3) is 0 Å². The quantitative estimate of drug-likeness (QED) is 0.639. The highest BCUT2D eigenvalue weighted by Crippen LogP contribution is 2.30. The molecule has 88 valence electrons. The molecule has 1 aromatic heterocycles. The third-order valence-electron chi connectivity index (χ3n) is 3.16. The van der Waals surface area contributed by atoms with Crippen LogP contribution >= 0.6 is 0 Å². The highest BCUT2D eigenvalue weighted by Gasteiger charge is 2.38. The molecule has 2 rings (SSSR count). The van der Waals surface area contributed by atoms with E-state index < -0.39 is 0 Å². The largest absolute Gasteiger partial charge is 0.383 e. The maximum absolute atomic E-state index is 5.76. The highest BCUT2D eigenvalue weighted by molar-refractivity contribution is 5.60. The van der Waals surface area contributed by atoms with Crippen molar-refractivity contribution in [3.8, 4) is 0 Å². The third kappa shape index (κ3) is 1.65. The first kappa shape index (κ1) is 10.9. The lowest BCUT2D eigenvalue weighted by Crippen LogP contribution is -2.67. The molecule has 16 heavy (non-hydrogen) atoms. The van der Waals surface area contributed by atoms with E-state index in [1.807, 2.05) is 14.0 Å². The minimum atomic E-state index is 0.154. The summed E-state index contributed by atoms with van der Waals surface area (Å²) in [5, 5.41) is 3.28. The van der Waals surface area contributed by atoms with Gasteiger partial charge in [-0.05, 0) is 20.9 Å². The average Bonchev–Trinajstić information content (AvgIpc) is 2.19. The van der Waals surface area contributed by atoms with Gasteiger partial charge in [-0.3, -0.25) is 0 Å². The molecule has 0 spiro atoms. The highest BCUT2D eigenvalue weighted by atomic mass is 15.3. The van der Waals surface area contributed by atoms with Gasteiger partial charge in [0.2, 0.25) is 5.95 Å². The van der Waals surface area contributed by atoms with Gasteiger partial charge in [0.1, 0.15) is 11.6 Å². The van der Waals surface area contributed by atoms with E-state index in [-0.39, 0.29) is 11.5 Å². The summed E-state index contributed by atoms with van der Waals surface area (Å²) in [5.41, 5.74) is 12.4. The van der Waals surface area contributed by atoms with E-state index in [1.54, 1.807) is 0 Å². The van der Waals surface area contributed by atoms with Crippen molar-refractivity contribution in [2.75, 3.05) is 36.5 Å². The Morgan fingerprint density at radius 2 is 1.94 bits per heavy atom. The molecule has 1 saturated heterocycles. The number of nitrogen functional groups attached to an aromatic ring is 2. The number of hydrogen-bond acceptors (Lipinski definition) is 6. The van der Waals surface area contributed by atoms with Crippen molar-refractivity contribution in [3.63, 3.8) is 0 Å². The van der Waals surface area contributed by atoms with E-state index in [4.69, 9.17) is 11.5 Å². The summed E-state index contributed by atoms with van der Waals surface area (Å²) in [7, 11) is 1.97. The van der Waals surface area contributed by atoms with Crippen molar-refractivity contribution in [1.29, 1.82) is 0 Å². The molecular formula is C10H18N6. The van der Waals surface area contributed by atoms with Crippen LogP contribution in [0.15, 0.2) is 0 Å². The van der Waals surface area contributed by atoms with Crippen molar-refractivity contribution in [2.24, 2.45) is 0 Å². The first-order valence-corrected chi connectivity index (χ1v) is 5.28. The van der Waals surface area contributed by atoms with E-state index in [1.165, 1.54) is 0 Å². The molecule has 6 heteroatoms. The predicted octanol–water partition coefficient (Wildman–Crippen LogP) is -0.252. The number of aromatic nitrogens is 2. The second kappa shape index (κ2) is 3.48. The fourth-order valence-corrected chi connectivity index (χ4v) is 1.95. The average molecular weight is 222 g/mol. The van der Waals surface area contributed by atoms with Crippen LogP contribution in [-0.2, 0) is 0 Å². The Bertz CT molecular complexity index is 410. The van der Waals surface area contributed by atoms with Crippen LogP contribution in [0.1, 0.15) is 12.5 Å². The van der Waals surface area contributed by atoms with E-state index in [0.717, 1.165) is 24.5 Å². The zero-order valence-corrected chi connectivity index (χ0v) is 9.91. The number of hydrogen-bond donors (Lipinski definition) is 3. The van der Waals surface area contributed by atoms with Gasteiger partial charge in [-0.2, -0.15) is 9.97 Å². The van der Waals surface area contributed by atoms with E-state index in [0.29, 0.717) is 5.82 Å². The summed E-state index contributed by atoms with van der Waals surface area (Å²) >= 11 is 0. The van der Waals surface area contributed by atoms with E-state index in [2.05, 4.69) is 27.1 Å². The van der Waals surface area contributed by atoms with Gasteiger partial charge in [0.05, 0.1) is 5.54 Å². The monoisotopic (exact) mass is 222 g/mol. The van der Waals surface area contributed by atoms with Crippen molar-refractivity contribution in [2.45, 2.75) is 19.4 Å². The summed E-state index contributed by atoms with van der Waals surface area (Å²) in [6.45, 7) is 5.90. The van der Waals surface area contributed by atoms with Crippen LogP contribution in [0.2, 0.25) is 0 Å². The van der Waals surface area contributed by atoms with E-state index in [9.17, 15) is 0 Å². The number of rotatable bonds is 2. The van der Waals surface area contributed by atoms with Gasteiger partial charge in [-0.25, -0.2) is 0 Å². The zero-order valence-electron chi connectivity index (χ0n) is 9.91. The van der Waals surface area contributed by atoms with Gasteiger partial charge < -0.3 is 21.7 Å². The Morgan fingerprint density at radius 3 is 2.50 bits per heavy atom. The lowest BCUT2D eigenvalue weighted by molar-refractivity contribution is 0.301. The summed E-state index contributed by atoms with van der Waals surface area (Å²) in [5.74, 6) is 1.54. The molecule has 5 N–H and O–H groups in total. The molecule has 0 amide bonds. The molecule has 0 atom stereocenters. The smallest absolute Gasteiger partial charge is 0.223 e. The van der Waals surface area contributed by atoms with Crippen LogP contribution in [0.5, 0.6) is 0 Å². The van der Waals surface area contributed by atoms with Gasteiger partial charge in [0, 0.05) is 18.7 Å². The molecule has 0 bridgehead atoms. The summed E-state index contributed by atoms with van der Waals surface area (Å²) in [6.07, 6.45) is 0. The second-order valence-electron chi connectivity index (χ2n) is 4.58. The number of anilines is 3. The van der Waals surface area contributed by atoms with Crippen molar-refractivity contribution < 1.29 is 0 Å². The number of nitrogens with zero attached hydrogens (tertiary/aromatic N) is 3. The fraction of sp³-hybridized carbons (Fsp3) is 0.600. The lowest BCUT2D eigenvalue weighted by atomic mass is 9.92. The topological polar surface area (TPSA) is 93.1 Å². The van der Waals surface area contributed by atoms with Crippen LogP contribution in [0.4, 0.5) is 17.6 Å². The Labute approximate surface area is 95.0 Å². The Balaban J connectivity index is 2.24. The number of likely N-dealkylation sites (N-methyl/N-ethyl adjacent to an activating group) is 1. The van der Waals surface area contributed by atoms with Crippen LogP contribution < -0.4 is 21.7 Å². The van der Waals surface area contributed by atoms with Gasteiger partial charge in [0.15, 0.2) is 0 Å². The van der Waals surface area contributed by atoms with Crippen molar-refractivity contribution in [3.05, 3.63) is 5.56 Å². The van der Waals surface area contributed by atoms with Crippen LogP contribution in [0.3, 0.4) is 0 Å². The molecule has 0 aliphatic carbocycles. The van der Waals surface area contributed by atoms with Crippen LogP contribution in [0, 0.1) is 6.92 Å². The molecule has 1 aromatic rings. The molecule has 6 nitrogen and oxygen atoms in total. The Morgan fingerprint density at radius 1 is 1.31 bits per heavy atom. The first-order chi connectivity index (χ1) is 7.45. The maximum Gasteiger partial charge on any atom is 0.223 e. The fourth-order valence-electron chi connectivity index (χ4n) is 1.95. The number of nitrogens with two attached hydrogens (primary N) is 2. The molecule has 0 radical (unpaired) electrons. The number of nitrogens with one attached hydrogen (secondary N) is 1. The third-order valence-corrected chi connectivity index (χ3v) is 3.16. The zero-order chi connectivity index (χ0) is 11.9. The van der Waals surface area contributed by atoms with Crippen LogP contribution in [0.25, 0.3) is 0 Å². The Hall–Kier alpha value is -1.56. The SMILES string of the molecule is CNC1(C)CN(c2nc(N)nc(N)c2C)C1. The predicted molar refractivity (Wildman–Crippen MR) is 65.3 cm³/mol. The van der Waals surface area contributed by atoms with Crippen molar-refractivity contribution >= 4 is 17.6 Å². The minimum absolute atomic E-state index is 0.154. The Kier molecular flexibility index (Phi) is 2.38. The molecule has 2 heterocycles. The minimum Gasteiger partial charge on any atom is -0.383 e. The first-order valence-electron chi connectivity index (χ1n) is 5.28. The van der Waals surface area contributed by atoms with Gasteiger partial charge in [-0.1, -0.05) is 0 Å².